The first-order valence-corrected chi connectivity index (χ1v) is 7.94. The number of aryl methyl sites for hydroxylation is 1. The molecule has 0 aliphatic heterocycles. The molecule has 0 aromatic heterocycles. The highest BCUT2D eigenvalue weighted by molar-refractivity contribution is 14.1. The minimum atomic E-state index is -0.594. The number of carbonyl (C=O) groups is 2. The largest absolute Gasteiger partial charge is 0.496 e. The Kier molecular flexibility index (Phi) is 5.97. The van der Waals surface area contributed by atoms with Gasteiger partial charge in [-0.2, -0.15) is 0 Å². The first-order valence-electron chi connectivity index (χ1n) is 6.87. The molecular formula is C17H16INO4. The zero-order valence-electron chi connectivity index (χ0n) is 12.8. The molecule has 5 nitrogen and oxygen atoms in total. The third-order valence-electron chi connectivity index (χ3n) is 3.02. The molecule has 0 fully saturated rings. The number of nitrogens with one attached hydrogen (secondary N) is 1. The maximum Gasteiger partial charge on any atom is 0.342 e. The molecule has 0 atom stereocenters. The van der Waals surface area contributed by atoms with Crippen LogP contribution in [0.4, 0.5) is 5.69 Å². The van der Waals surface area contributed by atoms with Crippen molar-refractivity contribution in [3.05, 3.63) is 57.2 Å². The fourth-order valence-electron chi connectivity index (χ4n) is 1.95. The Morgan fingerprint density at radius 1 is 1.17 bits per heavy atom. The predicted octanol–water partition coefficient (Wildman–Crippen LogP) is 3.40. The van der Waals surface area contributed by atoms with Crippen molar-refractivity contribution in [1.29, 1.82) is 0 Å². The van der Waals surface area contributed by atoms with Gasteiger partial charge >= 0.3 is 5.97 Å². The Morgan fingerprint density at radius 3 is 2.65 bits per heavy atom. The number of halogens is 1. The number of amides is 1. The number of methoxy groups -OCH3 is 1. The van der Waals surface area contributed by atoms with Crippen molar-refractivity contribution in [3.8, 4) is 5.75 Å². The van der Waals surface area contributed by atoms with Gasteiger partial charge in [-0.25, -0.2) is 4.79 Å². The van der Waals surface area contributed by atoms with Crippen LogP contribution >= 0.6 is 22.6 Å². The zero-order valence-corrected chi connectivity index (χ0v) is 14.9. The van der Waals surface area contributed by atoms with Crippen molar-refractivity contribution >= 4 is 40.2 Å². The Labute approximate surface area is 148 Å². The molecule has 0 aliphatic rings. The third kappa shape index (κ3) is 4.95. The van der Waals surface area contributed by atoms with Crippen molar-refractivity contribution in [2.24, 2.45) is 0 Å². The van der Waals surface area contributed by atoms with E-state index in [2.05, 4.69) is 27.9 Å². The molecule has 0 saturated heterocycles. The molecule has 120 valence electrons. The van der Waals surface area contributed by atoms with Gasteiger partial charge in [0.1, 0.15) is 11.3 Å². The van der Waals surface area contributed by atoms with Gasteiger partial charge in [0.25, 0.3) is 5.91 Å². The van der Waals surface area contributed by atoms with Gasteiger partial charge in [0.05, 0.1) is 7.11 Å². The van der Waals surface area contributed by atoms with Crippen LogP contribution in [0.25, 0.3) is 0 Å². The number of anilines is 1. The first kappa shape index (κ1) is 17.3. The van der Waals surface area contributed by atoms with E-state index in [4.69, 9.17) is 9.47 Å². The van der Waals surface area contributed by atoms with Gasteiger partial charge in [-0.05, 0) is 59.8 Å². The van der Waals surface area contributed by atoms with E-state index >= 15 is 0 Å². The predicted molar refractivity (Wildman–Crippen MR) is 95.8 cm³/mol. The molecule has 0 spiro atoms. The summed E-state index contributed by atoms with van der Waals surface area (Å²) in [7, 11) is 1.48. The van der Waals surface area contributed by atoms with E-state index in [1.807, 2.05) is 31.2 Å². The topological polar surface area (TPSA) is 64.6 Å². The van der Waals surface area contributed by atoms with E-state index in [1.54, 1.807) is 18.2 Å². The number of ether oxygens (including phenoxy) is 2. The molecule has 0 saturated carbocycles. The molecule has 1 amide bonds. The van der Waals surface area contributed by atoms with Gasteiger partial charge < -0.3 is 14.8 Å². The Morgan fingerprint density at radius 2 is 1.96 bits per heavy atom. The zero-order chi connectivity index (χ0) is 16.8. The summed E-state index contributed by atoms with van der Waals surface area (Å²) < 4.78 is 11.2. The van der Waals surface area contributed by atoms with Crippen molar-refractivity contribution in [3.63, 3.8) is 0 Å². The highest BCUT2D eigenvalue weighted by Gasteiger charge is 2.15. The van der Waals surface area contributed by atoms with Crippen LogP contribution in [-0.4, -0.2) is 25.6 Å². The van der Waals surface area contributed by atoms with E-state index in [-0.39, 0.29) is 6.61 Å². The van der Waals surface area contributed by atoms with Crippen LogP contribution in [0.2, 0.25) is 0 Å². The van der Waals surface area contributed by atoms with Crippen molar-refractivity contribution in [2.75, 3.05) is 19.0 Å². The Hall–Kier alpha value is -2.09. The highest BCUT2D eigenvalue weighted by Crippen LogP contribution is 2.20. The minimum absolute atomic E-state index is 0.301. The smallest absolute Gasteiger partial charge is 0.342 e. The maximum absolute atomic E-state index is 12.1. The van der Waals surface area contributed by atoms with Crippen molar-refractivity contribution in [1.82, 2.24) is 0 Å². The van der Waals surface area contributed by atoms with Gasteiger partial charge in [-0.15, -0.1) is 0 Å². The molecule has 0 aliphatic carbocycles. The number of esters is 1. The fraction of sp³-hybridized carbons (Fsp3) is 0.176. The Bertz CT molecular complexity index is 730. The molecule has 2 rings (SSSR count). The fourth-order valence-corrected chi connectivity index (χ4v) is 2.50. The van der Waals surface area contributed by atoms with Gasteiger partial charge in [0, 0.05) is 9.26 Å². The normalized spacial score (nSPS) is 10.0. The SMILES string of the molecule is COc1ccc(C)cc1C(=O)OCC(=O)Nc1cccc(I)c1. The van der Waals surface area contributed by atoms with Crippen LogP contribution < -0.4 is 10.1 Å². The summed E-state index contributed by atoms with van der Waals surface area (Å²) in [6.45, 7) is 1.50. The molecule has 2 aromatic carbocycles. The van der Waals surface area contributed by atoms with E-state index in [1.165, 1.54) is 7.11 Å². The van der Waals surface area contributed by atoms with Gasteiger partial charge in [0.2, 0.25) is 0 Å². The lowest BCUT2D eigenvalue weighted by atomic mass is 10.1. The molecule has 23 heavy (non-hydrogen) atoms. The molecule has 1 N–H and O–H groups in total. The standard InChI is InChI=1S/C17H16INO4/c1-11-6-7-15(22-2)14(8-11)17(21)23-10-16(20)19-13-5-3-4-12(18)9-13/h3-9H,10H2,1-2H3,(H,19,20). The van der Waals surface area contributed by atoms with Crippen molar-refractivity contribution < 1.29 is 19.1 Å². The first-order chi connectivity index (χ1) is 11.0. The summed E-state index contributed by atoms with van der Waals surface area (Å²) in [5.41, 5.74) is 1.86. The van der Waals surface area contributed by atoms with Gasteiger partial charge in [0.15, 0.2) is 6.61 Å². The summed E-state index contributed by atoms with van der Waals surface area (Å²) in [6.07, 6.45) is 0. The summed E-state index contributed by atoms with van der Waals surface area (Å²) in [5, 5.41) is 2.68. The maximum atomic E-state index is 12.1. The minimum Gasteiger partial charge on any atom is -0.496 e. The highest BCUT2D eigenvalue weighted by atomic mass is 127. The summed E-state index contributed by atoms with van der Waals surface area (Å²) >= 11 is 2.15. The van der Waals surface area contributed by atoms with E-state index < -0.39 is 11.9 Å². The van der Waals surface area contributed by atoms with E-state index in [0.717, 1.165) is 9.13 Å². The average Bonchev–Trinajstić information content (AvgIpc) is 2.52. The molecule has 0 bridgehead atoms. The van der Waals surface area contributed by atoms with Crippen LogP contribution in [-0.2, 0) is 9.53 Å². The summed E-state index contributed by atoms with van der Waals surface area (Å²) in [5.74, 6) is -0.575. The molecule has 6 heteroatoms. The van der Waals surface area contributed by atoms with Crippen LogP contribution in [0.15, 0.2) is 42.5 Å². The van der Waals surface area contributed by atoms with Gasteiger partial charge in [-0.1, -0.05) is 17.7 Å². The van der Waals surface area contributed by atoms with E-state index in [9.17, 15) is 9.59 Å². The van der Waals surface area contributed by atoms with Crippen LogP contribution in [0.3, 0.4) is 0 Å². The second kappa shape index (κ2) is 7.96. The van der Waals surface area contributed by atoms with E-state index in [0.29, 0.717) is 17.0 Å². The van der Waals surface area contributed by atoms with Crippen LogP contribution in [0.5, 0.6) is 5.75 Å². The number of carbonyl (C=O) groups excluding carboxylic acids is 2. The molecule has 2 aromatic rings. The second-order valence-electron chi connectivity index (χ2n) is 4.84. The summed E-state index contributed by atoms with van der Waals surface area (Å²) in [4.78, 5) is 24.0. The molecule has 0 heterocycles. The number of hydrogen-bond donors (Lipinski definition) is 1. The molecule has 0 unspecified atom stereocenters. The lowest BCUT2D eigenvalue weighted by molar-refractivity contribution is -0.119. The third-order valence-corrected chi connectivity index (χ3v) is 3.69. The number of hydrogen-bond acceptors (Lipinski definition) is 4. The molecular weight excluding hydrogens is 409 g/mol. The second-order valence-corrected chi connectivity index (χ2v) is 6.08. The van der Waals surface area contributed by atoms with Gasteiger partial charge in [-0.3, -0.25) is 4.79 Å². The Balaban J connectivity index is 1.96. The number of rotatable bonds is 5. The number of benzene rings is 2. The van der Waals surface area contributed by atoms with Crippen LogP contribution in [0.1, 0.15) is 15.9 Å². The van der Waals surface area contributed by atoms with Crippen molar-refractivity contribution in [2.45, 2.75) is 6.92 Å². The average molecular weight is 425 g/mol. The monoisotopic (exact) mass is 425 g/mol. The summed E-state index contributed by atoms with van der Waals surface area (Å²) in [6, 6.07) is 12.5. The quantitative estimate of drug-likeness (QED) is 0.589. The van der Waals surface area contributed by atoms with Crippen LogP contribution in [0, 0.1) is 10.5 Å². The molecule has 0 radical (unpaired) electrons. The lowest BCUT2D eigenvalue weighted by Gasteiger charge is -2.10. The lowest BCUT2D eigenvalue weighted by Crippen LogP contribution is -2.21.